The minimum Gasteiger partial charge on any atom is -0.394 e. The van der Waals surface area contributed by atoms with Gasteiger partial charge in [0.25, 0.3) is 0 Å². The molecule has 0 aromatic heterocycles. The van der Waals surface area contributed by atoms with E-state index in [1.165, 1.54) is 0 Å². The van der Waals surface area contributed by atoms with Crippen molar-refractivity contribution < 1.29 is 9.90 Å². The highest BCUT2D eigenvalue weighted by Gasteiger charge is 2.57. The molecule has 1 heterocycles. The van der Waals surface area contributed by atoms with E-state index in [0.717, 1.165) is 38.8 Å². The van der Waals surface area contributed by atoms with E-state index in [0.29, 0.717) is 5.41 Å². The van der Waals surface area contributed by atoms with E-state index in [9.17, 15) is 4.79 Å². The van der Waals surface area contributed by atoms with Crippen LogP contribution >= 0.6 is 0 Å². The first-order valence-electron chi connectivity index (χ1n) is 6.34. The van der Waals surface area contributed by atoms with Crippen LogP contribution < -0.4 is 10.6 Å². The van der Waals surface area contributed by atoms with E-state index < -0.39 is 0 Å². The van der Waals surface area contributed by atoms with Gasteiger partial charge in [-0.25, -0.2) is 0 Å². The van der Waals surface area contributed by atoms with Crippen LogP contribution in [0.25, 0.3) is 0 Å². The fraction of sp³-hybridized carbons (Fsp3) is 0.917. The third kappa shape index (κ3) is 2.23. The van der Waals surface area contributed by atoms with Crippen LogP contribution in [0.4, 0.5) is 0 Å². The zero-order valence-corrected chi connectivity index (χ0v) is 9.96. The van der Waals surface area contributed by atoms with Crippen molar-refractivity contribution in [3.05, 3.63) is 0 Å². The smallest absolute Gasteiger partial charge is 0.223 e. The van der Waals surface area contributed by atoms with E-state index in [2.05, 4.69) is 10.6 Å². The van der Waals surface area contributed by atoms with Crippen LogP contribution in [0.15, 0.2) is 0 Å². The predicted molar refractivity (Wildman–Crippen MR) is 62.0 cm³/mol. The maximum Gasteiger partial charge on any atom is 0.223 e. The first-order valence-corrected chi connectivity index (χ1v) is 6.34. The number of aliphatic hydroxyl groups excluding tert-OH is 1. The van der Waals surface area contributed by atoms with Crippen LogP contribution in [-0.4, -0.2) is 36.8 Å². The number of carbonyl (C=O) groups is 1. The Morgan fingerprint density at radius 3 is 2.81 bits per heavy atom. The van der Waals surface area contributed by atoms with Crippen molar-refractivity contribution >= 4 is 5.91 Å². The molecule has 1 saturated carbocycles. The summed E-state index contributed by atoms with van der Waals surface area (Å²) < 4.78 is 0. The van der Waals surface area contributed by atoms with Gasteiger partial charge in [-0.2, -0.15) is 0 Å². The highest BCUT2D eigenvalue weighted by molar-refractivity contribution is 5.82. The lowest BCUT2D eigenvalue weighted by atomic mass is 9.91. The van der Waals surface area contributed by atoms with Crippen LogP contribution in [-0.2, 0) is 4.79 Å². The van der Waals surface area contributed by atoms with Gasteiger partial charge in [0.05, 0.1) is 12.6 Å². The van der Waals surface area contributed by atoms with Crippen molar-refractivity contribution in [1.82, 2.24) is 10.6 Å². The van der Waals surface area contributed by atoms with Crippen molar-refractivity contribution in [2.24, 2.45) is 11.3 Å². The number of hydrogen-bond acceptors (Lipinski definition) is 3. The Kier molecular flexibility index (Phi) is 3.50. The summed E-state index contributed by atoms with van der Waals surface area (Å²) >= 11 is 0. The fourth-order valence-electron chi connectivity index (χ4n) is 2.77. The Balaban J connectivity index is 1.83. The third-order valence-corrected chi connectivity index (χ3v) is 4.17. The SMILES string of the molecule is CC[C@H](CO)NC(=O)C1CC12CCNCC2. The van der Waals surface area contributed by atoms with Crippen molar-refractivity contribution in [1.29, 1.82) is 0 Å². The minimum absolute atomic E-state index is 0.0452. The summed E-state index contributed by atoms with van der Waals surface area (Å²) in [5.41, 5.74) is 0.295. The van der Waals surface area contributed by atoms with Gasteiger partial charge in [0.1, 0.15) is 0 Å². The number of nitrogens with one attached hydrogen (secondary N) is 2. The summed E-state index contributed by atoms with van der Waals surface area (Å²) in [5.74, 6) is 0.359. The zero-order chi connectivity index (χ0) is 11.6. The van der Waals surface area contributed by atoms with Gasteiger partial charge in [-0.1, -0.05) is 6.92 Å². The Hall–Kier alpha value is -0.610. The van der Waals surface area contributed by atoms with Gasteiger partial charge in [-0.15, -0.1) is 0 Å². The van der Waals surface area contributed by atoms with Gasteiger partial charge in [-0.05, 0) is 44.2 Å². The van der Waals surface area contributed by atoms with E-state index in [4.69, 9.17) is 5.11 Å². The molecule has 2 aliphatic rings. The Morgan fingerprint density at radius 2 is 2.25 bits per heavy atom. The van der Waals surface area contributed by atoms with Crippen LogP contribution in [0.3, 0.4) is 0 Å². The summed E-state index contributed by atoms with van der Waals surface area (Å²) in [6.07, 6.45) is 4.09. The Morgan fingerprint density at radius 1 is 1.56 bits per heavy atom. The van der Waals surface area contributed by atoms with Crippen molar-refractivity contribution in [3.8, 4) is 0 Å². The van der Waals surface area contributed by atoms with Gasteiger partial charge in [-0.3, -0.25) is 4.79 Å². The van der Waals surface area contributed by atoms with Crippen LogP contribution in [0.2, 0.25) is 0 Å². The lowest BCUT2D eigenvalue weighted by molar-refractivity contribution is -0.124. The predicted octanol–water partition coefficient (Wildman–Crippen LogP) is 0.263. The molecule has 1 spiro atoms. The molecule has 3 N–H and O–H groups in total. The second-order valence-corrected chi connectivity index (χ2v) is 5.17. The normalized spacial score (nSPS) is 28.8. The van der Waals surface area contributed by atoms with E-state index in [-0.39, 0.29) is 24.5 Å². The molecule has 1 aliphatic carbocycles. The van der Waals surface area contributed by atoms with Crippen molar-refractivity contribution in [2.75, 3.05) is 19.7 Å². The lowest BCUT2D eigenvalue weighted by Gasteiger charge is -2.23. The molecule has 0 aromatic rings. The third-order valence-electron chi connectivity index (χ3n) is 4.17. The molecule has 2 fully saturated rings. The summed E-state index contributed by atoms with van der Waals surface area (Å²) in [4.78, 5) is 12.0. The number of hydrogen-bond donors (Lipinski definition) is 3. The Bertz CT molecular complexity index is 258. The topological polar surface area (TPSA) is 61.4 Å². The number of rotatable bonds is 4. The average Bonchev–Trinajstić information content (AvgIpc) is 3.00. The lowest BCUT2D eigenvalue weighted by Crippen LogP contribution is -2.40. The molecule has 0 aromatic carbocycles. The second kappa shape index (κ2) is 4.72. The molecular formula is C12H22N2O2. The number of carbonyl (C=O) groups excluding carboxylic acids is 1. The van der Waals surface area contributed by atoms with Crippen LogP contribution in [0.1, 0.15) is 32.6 Å². The largest absolute Gasteiger partial charge is 0.394 e. The molecule has 1 amide bonds. The van der Waals surface area contributed by atoms with E-state index in [1.54, 1.807) is 0 Å². The first-order chi connectivity index (χ1) is 7.72. The number of amides is 1. The van der Waals surface area contributed by atoms with E-state index in [1.807, 2.05) is 6.92 Å². The van der Waals surface area contributed by atoms with Crippen LogP contribution in [0.5, 0.6) is 0 Å². The molecule has 1 unspecified atom stereocenters. The van der Waals surface area contributed by atoms with Gasteiger partial charge in [0.2, 0.25) is 5.91 Å². The molecular weight excluding hydrogens is 204 g/mol. The maximum absolute atomic E-state index is 12.0. The summed E-state index contributed by atoms with van der Waals surface area (Å²) in [5, 5.41) is 15.3. The van der Waals surface area contributed by atoms with Crippen molar-refractivity contribution in [3.63, 3.8) is 0 Å². The molecule has 4 heteroatoms. The van der Waals surface area contributed by atoms with E-state index >= 15 is 0 Å². The van der Waals surface area contributed by atoms with Gasteiger partial charge < -0.3 is 15.7 Å². The molecule has 0 radical (unpaired) electrons. The molecule has 92 valence electrons. The average molecular weight is 226 g/mol. The van der Waals surface area contributed by atoms with Gasteiger partial charge in [0.15, 0.2) is 0 Å². The summed E-state index contributed by atoms with van der Waals surface area (Å²) in [6, 6.07) is -0.0631. The summed E-state index contributed by atoms with van der Waals surface area (Å²) in [6.45, 7) is 4.11. The minimum atomic E-state index is -0.0631. The molecule has 0 bridgehead atoms. The Labute approximate surface area is 96.8 Å². The van der Waals surface area contributed by atoms with Gasteiger partial charge >= 0.3 is 0 Å². The molecule has 1 aliphatic heterocycles. The summed E-state index contributed by atoms with van der Waals surface area (Å²) in [7, 11) is 0. The molecule has 4 nitrogen and oxygen atoms in total. The van der Waals surface area contributed by atoms with Gasteiger partial charge in [0, 0.05) is 5.92 Å². The standard InChI is InChI=1S/C12H22N2O2/c1-2-9(8-15)14-11(16)10-7-12(10)3-5-13-6-4-12/h9-10,13,15H,2-8H2,1H3,(H,14,16)/t9-,10?/m1/s1. The maximum atomic E-state index is 12.0. The first kappa shape index (κ1) is 11.9. The molecule has 2 atom stereocenters. The second-order valence-electron chi connectivity index (χ2n) is 5.17. The number of piperidine rings is 1. The highest BCUT2D eigenvalue weighted by Crippen LogP contribution is 2.58. The molecule has 16 heavy (non-hydrogen) atoms. The highest BCUT2D eigenvalue weighted by atomic mass is 16.3. The van der Waals surface area contributed by atoms with Crippen LogP contribution in [0, 0.1) is 11.3 Å². The zero-order valence-electron chi connectivity index (χ0n) is 9.96. The number of aliphatic hydroxyl groups is 1. The molecule has 1 saturated heterocycles. The quantitative estimate of drug-likeness (QED) is 0.644. The monoisotopic (exact) mass is 226 g/mol. The fourth-order valence-corrected chi connectivity index (χ4v) is 2.77. The molecule has 2 rings (SSSR count). The van der Waals surface area contributed by atoms with Crippen molar-refractivity contribution in [2.45, 2.75) is 38.6 Å².